The van der Waals surface area contributed by atoms with Crippen molar-refractivity contribution in [2.45, 2.75) is 25.5 Å². The Bertz CT molecular complexity index is 532. The average Bonchev–Trinajstić information content (AvgIpc) is 2.62. The van der Waals surface area contributed by atoms with Crippen LogP contribution in [0.3, 0.4) is 0 Å². The molecule has 24 heavy (non-hydrogen) atoms. The molecule has 0 saturated carbocycles. The van der Waals surface area contributed by atoms with Crippen LogP contribution in [0.15, 0.2) is 24.3 Å². The highest BCUT2D eigenvalue weighted by atomic mass is 32.2. The first-order valence-corrected chi connectivity index (χ1v) is 9.93. The number of ether oxygens (including phenoxy) is 1. The fourth-order valence-corrected chi connectivity index (χ4v) is 4.09. The first kappa shape index (κ1) is 17.7. The van der Waals surface area contributed by atoms with E-state index in [1.807, 2.05) is 30.8 Å². The van der Waals surface area contributed by atoms with E-state index in [0.29, 0.717) is 6.61 Å². The predicted octanol–water partition coefficient (Wildman–Crippen LogP) is 1.59. The van der Waals surface area contributed by atoms with Crippen molar-refractivity contribution in [1.29, 1.82) is 0 Å². The minimum atomic E-state index is -0.282. The van der Waals surface area contributed by atoms with Crippen LogP contribution in [0, 0.1) is 0 Å². The highest BCUT2D eigenvalue weighted by Crippen LogP contribution is 2.14. The van der Waals surface area contributed by atoms with Crippen LogP contribution in [-0.2, 0) is 16.0 Å². The molecular weight excluding hydrogens is 322 g/mol. The van der Waals surface area contributed by atoms with Gasteiger partial charge in [-0.2, -0.15) is 11.8 Å². The first-order valence-electron chi connectivity index (χ1n) is 8.77. The summed E-state index contributed by atoms with van der Waals surface area (Å²) in [5.74, 6) is 2.48. The molecule has 2 fully saturated rings. The van der Waals surface area contributed by atoms with Crippen LogP contribution in [0.25, 0.3) is 0 Å². The van der Waals surface area contributed by atoms with E-state index < -0.39 is 0 Å². The van der Waals surface area contributed by atoms with Crippen molar-refractivity contribution in [2.75, 3.05) is 49.6 Å². The molecule has 2 saturated heterocycles. The van der Waals surface area contributed by atoms with Gasteiger partial charge >= 0.3 is 0 Å². The summed E-state index contributed by atoms with van der Waals surface area (Å²) in [4.78, 5) is 14.9. The van der Waals surface area contributed by atoms with Crippen LogP contribution >= 0.6 is 11.8 Å². The number of carbonyl (C=O) groups excluding carboxylic acids is 1. The number of thioether (sulfide) groups is 1. The average molecular weight is 350 g/mol. The van der Waals surface area contributed by atoms with Crippen molar-refractivity contribution < 1.29 is 9.53 Å². The fraction of sp³-hybridized carbons (Fsp3) is 0.611. The zero-order valence-electron chi connectivity index (χ0n) is 14.3. The van der Waals surface area contributed by atoms with Crippen molar-refractivity contribution in [3.05, 3.63) is 29.8 Å². The second kappa shape index (κ2) is 8.85. The van der Waals surface area contributed by atoms with Crippen LogP contribution in [0.2, 0.25) is 0 Å². The number of carbonyl (C=O) groups is 1. The largest absolute Gasteiger partial charge is 0.375 e. The minimum Gasteiger partial charge on any atom is -0.375 e. The van der Waals surface area contributed by atoms with Crippen molar-refractivity contribution in [3.8, 4) is 0 Å². The smallest absolute Gasteiger partial charge is 0.244 e. The Kier molecular flexibility index (Phi) is 6.54. The molecule has 1 amide bonds. The molecule has 2 aliphatic heterocycles. The normalized spacial score (nSPS) is 25.4. The molecule has 3 rings (SSSR count). The zero-order chi connectivity index (χ0) is 16.8. The molecular formula is C18H27N3O2S. The highest BCUT2D eigenvalue weighted by molar-refractivity contribution is 7.99. The fourth-order valence-electron chi connectivity index (χ4n) is 3.11. The maximum Gasteiger partial charge on any atom is 0.244 e. The molecule has 5 nitrogen and oxygen atoms in total. The number of anilines is 1. The lowest BCUT2D eigenvalue weighted by Crippen LogP contribution is -2.53. The van der Waals surface area contributed by atoms with Gasteiger partial charge in [0.1, 0.15) is 6.04 Å². The Labute approximate surface area is 148 Å². The SMILES string of the molecule is C[C@H]1OCCN[C@@H]1C(=O)Nc1ccc(CCN2CCSCC2)cc1. The van der Waals surface area contributed by atoms with Gasteiger partial charge in [-0.1, -0.05) is 12.1 Å². The molecule has 2 aliphatic rings. The maximum atomic E-state index is 12.3. The summed E-state index contributed by atoms with van der Waals surface area (Å²) < 4.78 is 5.53. The number of morpholine rings is 1. The lowest BCUT2D eigenvalue weighted by molar-refractivity contribution is -0.123. The number of hydrogen-bond donors (Lipinski definition) is 2. The molecule has 132 valence electrons. The monoisotopic (exact) mass is 349 g/mol. The zero-order valence-corrected chi connectivity index (χ0v) is 15.1. The molecule has 2 atom stereocenters. The quantitative estimate of drug-likeness (QED) is 0.846. The summed E-state index contributed by atoms with van der Waals surface area (Å²) in [5, 5.41) is 6.19. The van der Waals surface area contributed by atoms with Crippen LogP contribution in [0.5, 0.6) is 0 Å². The number of rotatable bonds is 5. The van der Waals surface area contributed by atoms with Gasteiger partial charge < -0.3 is 20.3 Å². The third kappa shape index (κ3) is 4.96. The minimum absolute atomic E-state index is 0.0271. The Morgan fingerprint density at radius 3 is 2.79 bits per heavy atom. The molecule has 1 aromatic carbocycles. The molecule has 2 heterocycles. The number of benzene rings is 1. The van der Waals surface area contributed by atoms with Crippen molar-refractivity contribution in [3.63, 3.8) is 0 Å². The predicted molar refractivity (Wildman–Crippen MR) is 99.7 cm³/mol. The van der Waals surface area contributed by atoms with E-state index in [1.165, 1.54) is 30.2 Å². The number of nitrogens with zero attached hydrogens (tertiary/aromatic N) is 1. The van der Waals surface area contributed by atoms with E-state index in [4.69, 9.17) is 4.74 Å². The van der Waals surface area contributed by atoms with Gasteiger partial charge in [-0.25, -0.2) is 0 Å². The first-order chi connectivity index (χ1) is 11.7. The van der Waals surface area contributed by atoms with E-state index in [9.17, 15) is 4.79 Å². The van der Waals surface area contributed by atoms with E-state index in [0.717, 1.165) is 25.2 Å². The summed E-state index contributed by atoms with van der Waals surface area (Å²) >= 11 is 2.04. The lowest BCUT2D eigenvalue weighted by Gasteiger charge is -2.29. The Morgan fingerprint density at radius 2 is 2.08 bits per heavy atom. The standard InChI is InChI=1S/C18H27N3O2S/c1-14-17(19-7-11-23-14)18(22)20-16-4-2-15(3-5-16)6-8-21-9-12-24-13-10-21/h2-5,14,17,19H,6-13H2,1H3,(H,20,22)/t14-,17+/m1/s1. The van der Waals surface area contributed by atoms with Gasteiger partial charge in [0.05, 0.1) is 12.7 Å². The Balaban J connectivity index is 1.47. The van der Waals surface area contributed by atoms with E-state index in [-0.39, 0.29) is 18.1 Å². The van der Waals surface area contributed by atoms with Crippen molar-refractivity contribution in [1.82, 2.24) is 10.2 Å². The Hall–Kier alpha value is -1.08. The molecule has 0 aliphatic carbocycles. The summed E-state index contributed by atoms with van der Waals surface area (Å²) in [6.07, 6.45) is 0.967. The van der Waals surface area contributed by atoms with Gasteiger partial charge in [-0.15, -0.1) is 0 Å². The number of hydrogen-bond acceptors (Lipinski definition) is 5. The molecule has 6 heteroatoms. The van der Waals surface area contributed by atoms with Crippen LogP contribution < -0.4 is 10.6 Å². The van der Waals surface area contributed by atoms with Gasteiger partial charge in [0.15, 0.2) is 0 Å². The van der Waals surface area contributed by atoms with Crippen molar-refractivity contribution >= 4 is 23.4 Å². The van der Waals surface area contributed by atoms with Gasteiger partial charge in [0, 0.05) is 43.4 Å². The molecule has 0 spiro atoms. The van der Waals surface area contributed by atoms with E-state index in [1.54, 1.807) is 0 Å². The van der Waals surface area contributed by atoms with E-state index >= 15 is 0 Å². The molecule has 0 bridgehead atoms. The second-order valence-corrected chi connectivity index (χ2v) is 7.62. The summed E-state index contributed by atoms with van der Waals surface area (Å²) in [6.45, 7) is 6.83. The Morgan fingerprint density at radius 1 is 1.33 bits per heavy atom. The highest BCUT2D eigenvalue weighted by Gasteiger charge is 2.28. The van der Waals surface area contributed by atoms with Crippen LogP contribution in [-0.4, -0.2) is 67.2 Å². The van der Waals surface area contributed by atoms with Crippen LogP contribution in [0.4, 0.5) is 5.69 Å². The van der Waals surface area contributed by atoms with Crippen LogP contribution in [0.1, 0.15) is 12.5 Å². The number of amides is 1. The second-order valence-electron chi connectivity index (χ2n) is 6.40. The molecule has 0 aromatic heterocycles. The number of nitrogens with one attached hydrogen (secondary N) is 2. The third-order valence-electron chi connectivity index (χ3n) is 4.64. The molecule has 1 aromatic rings. The molecule has 2 N–H and O–H groups in total. The topological polar surface area (TPSA) is 53.6 Å². The molecule has 0 radical (unpaired) electrons. The summed E-state index contributed by atoms with van der Waals surface area (Å²) in [5.41, 5.74) is 2.16. The van der Waals surface area contributed by atoms with E-state index in [2.05, 4.69) is 27.7 Å². The third-order valence-corrected chi connectivity index (χ3v) is 5.58. The van der Waals surface area contributed by atoms with Gasteiger partial charge in [-0.05, 0) is 31.0 Å². The van der Waals surface area contributed by atoms with Gasteiger partial charge in [0.25, 0.3) is 0 Å². The van der Waals surface area contributed by atoms with Gasteiger partial charge in [-0.3, -0.25) is 4.79 Å². The summed E-state index contributed by atoms with van der Waals surface area (Å²) in [6, 6.07) is 7.93. The van der Waals surface area contributed by atoms with Crippen molar-refractivity contribution in [2.24, 2.45) is 0 Å². The van der Waals surface area contributed by atoms with Gasteiger partial charge in [0.2, 0.25) is 5.91 Å². The maximum absolute atomic E-state index is 12.3. The molecule has 0 unspecified atom stereocenters. The summed E-state index contributed by atoms with van der Waals surface area (Å²) in [7, 11) is 0. The lowest BCUT2D eigenvalue weighted by atomic mass is 10.1.